The molecule has 0 radical (unpaired) electrons. The van der Waals surface area contributed by atoms with Crippen molar-refractivity contribution in [3.05, 3.63) is 24.3 Å². The third-order valence-electron chi connectivity index (χ3n) is 4.41. The van der Waals surface area contributed by atoms with Crippen LogP contribution in [-0.2, 0) is 9.53 Å². The van der Waals surface area contributed by atoms with Gasteiger partial charge in [-0.3, -0.25) is 4.79 Å². The minimum Gasteiger partial charge on any atom is -0.490 e. The van der Waals surface area contributed by atoms with Crippen molar-refractivity contribution in [3.63, 3.8) is 0 Å². The van der Waals surface area contributed by atoms with Gasteiger partial charge in [-0.2, -0.15) is 0 Å². The largest absolute Gasteiger partial charge is 0.490 e. The molecule has 5 heteroatoms. The van der Waals surface area contributed by atoms with Gasteiger partial charge in [0.1, 0.15) is 12.4 Å². The van der Waals surface area contributed by atoms with Crippen molar-refractivity contribution in [1.29, 1.82) is 0 Å². The molecule has 0 bridgehead atoms. The molecule has 1 amide bonds. The van der Waals surface area contributed by atoms with Crippen molar-refractivity contribution in [2.75, 3.05) is 44.9 Å². The number of nitrogens with one attached hydrogen (secondary N) is 1. The molecule has 0 aromatic heterocycles. The van der Waals surface area contributed by atoms with Crippen molar-refractivity contribution < 1.29 is 14.3 Å². The first-order chi connectivity index (χ1) is 10.3. The molecule has 1 saturated heterocycles. The second kappa shape index (κ2) is 6.03. The molecule has 0 unspecified atom stereocenters. The quantitative estimate of drug-likeness (QED) is 0.915. The molecule has 0 saturated carbocycles. The summed E-state index contributed by atoms with van der Waals surface area (Å²) in [5.41, 5.74) is 0.465. The summed E-state index contributed by atoms with van der Waals surface area (Å²) in [6.07, 6.45) is 1.64. The molecule has 0 aliphatic carbocycles. The summed E-state index contributed by atoms with van der Waals surface area (Å²) in [4.78, 5) is 15.1. The second-order valence-corrected chi connectivity index (χ2v) is 5.74. The predicted octanol–water partition coefficient (Wildman–Crippen LogP) is 1.43. The van der Waals surface area contributed by atoms with Gasteiger partial charge in [0.15, 0.2) is 0 Å². The number of rotatable bonds is 3. The van der Waals surface area contributed by atoms with Gasteiger partial charge in [0.2, 0.25) is 5.91 Å². The average molecular weight is 290 g/mol. The molecule has 1 fully saturated rings. The number of nitrogens with zero attached hydrogens (tertiary/aromatic N) is 1. The molecule has 5 nitrogen and oxygen atoms in total. The number of fused-ring (bicyclic) bond motifs is 1. The molecular weight excluding hydrogens is 268 g/mol. The number of hydrogen-bond donors (Lipinski definition) is 1. The smallest absolute Gasteiger partial charge is 0.235 e. The predicted molar refractivity (Wildman–Crippen MR) is 80.7 cm³/mol. The Labute approximate surface area is 125 Å². The molecule has 0 atom stereocenters. The van der Waals surface area contributed by atoms with Gasteiger partial charge < -0.3 is 19.7 Å². The molecule has 114 valence electrons. The Kier molecular flexibility index (Phi) is 4.12. The number of anilines is 1. The molecule has 1 N–H and O–H groups in total. The van der Waals surface area contributed by atoms with Crippen LogP contribution in [0, 0.1) is 5.41 Å². The zero-order chi connectivity index (χ0) is 14.7. The number of carbonyl (C=O) groups is 1. The average Bonchev–Trinajstić information content (AvgIpc) is 2.55. The number of amides is 1. The van der Waals surface area contributed by atoms with E-state index in [1.165, 1.54) is 0 Å². The fraction of sp³-hybridized carbons (Fsp3) is 0.562. The number of methoxy groups -OCH3 is 1. The molecule has 3 rings (SSSR count). The first kappa shape index (κ1) is 14.4. The van der Waals surface area contributed by atoms with Gasteiger partial charge in [-0.1, -0.05) is 12.1 Å². The Hall–Kier alpha value is -1.59. The SMILES string of the molecule is COCC1(C(=O)N2CCOc3ccccc32)CCNCC1. The van der Waals surface area contributed by atoms with E-state index in [1.807, 2.05) is 29.2 Å². The molecule has 1 aromatic rings. The maximum Gasteiger partial charge on any atom is 0.235 e. The lowest BCUT2D eigenvalue weighted by molar-refractivity contribution is -0.133. The highest BCUT2D eigenvalue weighted by Gasteiger charge is 2.43. The zero-order valence-corrected chi connectivity index (χ0v) is 12.4. The first-order valence-corrected chi connectivity index (χ1v) is 7.50. The Bertz CT molecular complexity index is 506. The van der Waals surface area contributed by atoms with Crippen LogP contribution in [0.4, 0.5) is 5.69 Å². The van der Waals surface area contributed by atoms with Gasteiger partial charge in [-0.25, -0.2) is 0 Å². The Morgan fingerprint density at radius 3 is 2.90 bits per heavy atom. The first-order valence-electron chi connectivity index (χ1n) is 7.50. The van der Waals surface area contributed by atoms with E-state index in [-0.39, 0.29) is 5.91 Å². The summed E-state index contributed by atoms with van der Waals surface area (Å²) in [5, 5.41) is 3.32. The molecular formula is C16H22N2O3. The fourth-order valence-corrected chi connectivity index (χ4v) is 3.27. The van der Waals surface area contributed by atoms with E-state index in [1.54, 1.807) is 7.11 Å². The van der Waals surface area contributed by atoms with E-state index in [9.17, 15) is 4.79 Å². The van der Waals surface area contributed by atoms with Gasteiger partial charge in [-0.15, -0.1) is 0 Å². The van der Waals surface area contributed by atoms with Gasteiger partial charge in [0.25, 0.3) is 0 Å². The normalized spacial score (nSPS) is 20.5. The standard InChI is InChI=1S/C16H22N2O3/c1-20-12-16(6-8-17-9-7-16)15(19)18-10-11-21-14-5-3-2-4-13(14)18/h2-5,17H,6-12H2,1H3. The lowest BCUT2D eigenvalue weighted by Crippen LogP contribution is -2.53. The van der Waals surface area contributed by atoms with E-state index >= 15 is 0 Å². The molecule has 2 aliphatic rings. The lowest BCUT2D eigenvalue weighted by Gasteiger charge is -2.41. The third-order valence-corrected chi connectivity index (χ3v) is 4.41. The van der Waals surface area contributed by atoms with Crippen LogP contribution < -0.4 is 15.0 Å². The molecule has 2 aliphatic heterocycles. The maximum absolute atomic E-state index is 13.2. The van der Waals surface area contributed by atoms with Crippen LogP contribution in [0.25, 0.3) is 0 Å². The van der Waals surface area contributed by atoms with Crippen molar-refractivity contribution >= 4 is 11.6 Å². The van der Waals surface area contributed by atoms with E-state index in [0.29, 0.717) is 19.8 Å². The zero-order valence-electron chi connectivity index (χ0n) is 12.4. The summed E-state index contributed by atoms with van der Waals surface area (Å²) in [6, 6.07) is 7.75. The summed E-state index contributed by atoms with van der Waals surface area (Å²) in [5.74, 6) is 0.959. The number of ether oxygens (including phenoxy) is 2. The molecule has 21 heavy (non-hydrogen) atoms. The summed E-state index contributed by atoms with van der Waals surface area (Å²) >= 11 is 0. The van der Waals surface area contributed by atoms with E-state index in [2.05, 4.69) is 5.32 Å². The lowest BCUT2D eigenvalue weighted by atomic mass is 9.78. The number of carbonyl (C=O) groups excluding carboxylic acids is 1. The van der Waals surface area contributed by atoms with E-state index in [4.69, 9.17) is 9.47 Å². The molecule has 1 aromatic carbocycles. The summed E-state index contributed by atoms with van der Waals surface area (Å²) < 4.78 is 11.0. The van der Waals surface area contributed by atoms with Crippen molar-refractivity contribution in [1.82, 2.24) is 5.32 Å². The second-order valence-electron chi connectivity index (χ2n) is 5.74. The van der Waals surface area contributed by atoms with Crippen LogP contribution in [0.15, 0.2) is 24.3 Å². The highest BCUT2D eigenvalue weighted by atomic mass is 16.5. The minimum absolute atomic E-state index is 0.168. The Morgan fingerprint density at radius 2 is 2.14 bits per heavy atom. The Morgan fingerprint density at radius 1 is 1.38 bits per heavy atom. The highest BCUT2D eigenvalue weighted by Crippen LogP contribution is 2.37. The van der Waals surface area contributed by atoms with Gasteiger partial charge >= 0.3 is 0 Å². The maximum atomic E-state index is 13.2. The Balaban J connectivity index is 1.90. The number of para-hydroxylation sites is 2. The van der Waals surface area contributed by atoms with Crippen LogP contribution in [0.3, 0.4) is 0 Å². The summed E-state index contributed by atoms with van der Waals surface area (Å²) in [7, 11) is 1.67. The van der Waals surface area contributed by atoms with E-state index < -0.39 is 5.41 Å². The van der Waals surface area contributed by atoms with Crippen LogP contribution in [0.5, 0.6) is 5.75 Å². The fourth-order valence-electron chi connectivity index (χ4n) is 3.27. The van der Waals surface area contributed by atoms with Gasteiger partial charge in [-0.05, 0) is 38.1 Å². The van der Waals surface area contributed by atoms with Gasteiger partial charge in [0.05, 0.1) is 24.3 Å². The topological polar surface area (TPSA) is 50.8 Å². The van der Waals surface area contributed by atoms with Crippen molar-refractivity contribution in [2.24, 2.45) is 5.41 Å². The van der Waals surface area contributed by atoms with E-state index in [0.717, 1.165) is 37.4 Å². The monoisotopic (exact) mass is 290 g/mol. The summed E-state index contributed by atoms with van der Waals surface area (Å²) in [6.45, 7) is 3.36. The van der Waals surface area contributed by atoms with Crippen LogP contribution >= 0.6 is 0 Å². The highest BCUT2D eigenvalue weighted by molar-refractivity contribution is 5.99. The minimum atomic E-state index is -0.412. The molecule has 2 heterocycles. The van der Waals surface area contributed by atoms with Crippen LogP contribution in [0.2, 0.25) is 0 Å². The number of benzene rings is 1. The third kappa shape index (κ3) is 2.63. The van der Waals surface area contributed by atoms with Crippen LogP contribution in [-0.4, -0.2) is 45.9 Å². The van der Waals surface area contributed by atoms with Crippen molar-refractivity contribution in [2.45, 2.75) is 12.8 Å². The number of piperidine rings is 1. The van der Waals surface area contributed by atoms with Gasteiger partial charge in [0, 0.05) is 7.11 Å². The number of hydrogen-bond acceptors (Lipinski definition) is 4. The molecule has 0 spiro atoms. The van der Waals surface area contributed by atoms with Crippen LogP contribution in [0.1, 0.15) is 12.8 Å². The van der Waals surface area contributed by atoms with Crippen molar-refractivity contribution in [3.8, 4) is 5.75 Å².